The number of hydrogen-bond donors (Lipinski definition) is 0. The van der Waals surface area contributed by atoms with Crippen molar-refractivity contribution in [2.45, 2.75) is 38.6 Å². The number of hydrogen-bond acceptors (Lipinski definition) is 3. The third kappa shape index (κ3) is 1.62. The number of nitrogens with zero attached hydrogens (tertiary/aromatic N) is 2. The molecule has 0 spiro atoms. The number of carbonyl (C=O) groups is 1. The summed E-state index contributed by atoms with van der Waals surface area (Å²) in [6.45, 7) is 2.05. The molecule has 1 aliphatic heterocycles. The maximum absolute atomic E-state index is 12.3. The summed E-state index contributed by atoms with van der Waals surface area (Å²) in [6.07, 6.45) is 4.75. The Labute approximate surface area is 101 Å². The molecule has 3 atom stereocenters. The molecule has 0 bridgehead atoms. The third-order valence-corrected chi connectivity index (χ3v) is 5.16. The fourth-order valence-corrected chi connectivity index (χ4v) is 4.08. The summed E-state index contributed by atoms with van der Waals surface area (Å²) in [7, 11) is 1.92. The van der Waals surface area contributed by atoms with Crippen molar-refractivity contribution < 1.29 is 4.79 Å². The summed E-state index contributed by atoms with van der Waals surface area (Å²) in [5.74, 6) is 1.35. The van der Waals surface area contributed by atoms with Gasteiger partial charge in [-0.05, 0) is 37.4 Å². The van der Waals surface area contributed by atoms with Gasteiger partial charge >= 0.3 is 0 Å². The Morgan fingerprint density at radius 3 is 2.94 bits per heavy atom. The van der Waals surface area contributed by atoms with Crippen molar-refractivity contribution in [3.63, 3.8) is 0 Å². The number of carbonyl (C=O) groups excluding carboxylic acids is 1. The second-order valence-corrected chi connectivity index (χ2v) is 5.93. The van der Waals surface area contributed by atoms with Crippen molar-refractivity contribution in [3.05, 3.63) is 0 Å². The Morgan fingerprint density at radius 1 is 1.56 bits per heavy atom. The monoisotopic (exact) mass is 238 g/mol. The van der Waals surface area contributed by atoms with Crippen LogP contribution >= 0.6 is 11.8 Å². The van der Waals surface area contributed by atoms with Gasteiger partial charge in [-0.25, -0.2) is 0 Å². The summed E-state index contributed by atoms with van der Waals surface area (Å²) >= 11 is 1.22. The van der Waals surface area contributed by atoms with Gasteiger partial charge in [-0.15, -0.1) is 0 Å². The van der Waals surface area contributed by atoms with Gasteiger partial charge in [-0.3, -0.25) is 4.79 Å². The quantitative estimate of drug-likeness (QED) is 0.693. The minimum atomic E-state index is -0.305. The molecule has 1 amide bonds. The van der Waals surface area contributed by atoms with Crippen LogP contribution in [-0.4, -0.2) is 29.6 Å². The lowest BCUT2D eigenvalue weighted by Crippen LogP contribution is -2.35. The van der Waals surface area contributed by atoms with Crippen molar-refractivity contribution >= 4 is 17.7 Å². The van der Waals surface area contributed by atoms with Crippen molar-refractivity contribution in [1.82, 2.24) is 4.90 Å². The molecule has 1 saturated heterocycles. The lowest BCUT2D eigenvalue weighted by atomic mass is 9.72. The van der Waals surface area contributed by atoms with E-state index in [2.05, 4.69) is 5.40 Å². The standard InChI is InChI=1S/C12H18N2OS/c1-12(7-16-8-13)9-5-3-4-6-10(9)14(2)11(12)15/h9-10H,3-7H2,1-2H3. The predicted molar refractivity (Wildman–Crippen MR) is 64.7 cm³/mol. The molecule has 1 heterocycles. The molecule has 2 rings (SSSR count). The number of likely N-dealkylation sites (tertiary alicyclic amines) is 1. The molecule has 3 nitrogen and oxygen atoms in total. The summed E-state index contributed by atoms with van der Waals surface area (Å²) in [5, 5.41) is 10.8. The fourth-order valence-electron chi connectivity index (χ4n) is 3.38. The molecule has 88 valence electrons. The maximum atomic E-state index is 12.3. The highest BCUT2D eigenvalue weighted by Crippen LogP contribution is 2.48. The van der Waals surface area contributed by atoms with Gasteiger partial charge in [0.1, 0.15) is 5.40 Å². The minimum Gasteiger partial charge on any atom is -0.342 e. The van der Waals surface area contributed by atoms with Crippen LogP contribution in [0.4, 0.5) is 0 Å². The molecule has 2 fully saturated rings. The normalized spacial score (nSPS) is 38.3. The van der Waals surface area contributed by atoms with Crippen molar-refractivity contribution in [3.8, 4) is 5.40 Å². The van der Waals surface area contributed by atoms with E-state index in [0.717, 1.165) is 12.8 Å². The third-order valence-electron chi connectivity index (χ3n) is 4.29. The van der Waals surface area contributed by atoms with Gasteiger partial charge in [0.2, 0.25) is 5.91 Å². The first kappa shape index (κ1) is 11.8. The maximum Gasteiger partial charge on any atom is 0.229 e. The van der Waals surface area contributed by atoms with Crippen LogP contribution in [0.15, 0.2) is 0 Å². The van der Waals surface area contributed by atoms with Crippen LogP contribution in [0.25, 0.3) is 0 Å². The van der Waals surface area contributed by atoms with Crippen LogP contribution in [0, 0.1) is 22.0 Å². The smallest absolute Gasteiger partial charge is 0.229 e. The first-order chi connectivity index (χ1) is 7.61. The van der Waals surface area contributed by atoms with E-state index < -0.39 is 0 Å². The summed E-state index contributed by atoms with van der Waals surface area (Å²) in [5.41, 5.74) is -0.305. The Morgan fingerprint density at radius 2 is 2.25 bits per heavy atom. The average molecular weight is 238 g/mol. The van der Waals surface area contributed by atoms with E-state index in [1.54, 1.807) is 0 Å². The zero-order valence-corrected chi connectivity index (χ0v) is 10.7. The highest BCUT2D eigenvalue weighted by atomic mass is 32.2. The van der Waals surface area contributed by atoms with Crippen LogP contribution in [-0.2, 0) is 4.79 Å². The Hall–Kier alpha value is -0.690. The number of fused-ring (bicyclic) bond motifs is 1. The Bertz CT molecular complexity index is 338. The molecular weight excluding hydrogens is 220 g/mol. The molecule has 1 aliphatic carbocycles. The van der Waals surface area contributed by atoms with E-state index in [4.69, 9.17) is 5.26 Å². The molecule has 3 unspecified atom stereocenters. The number of thiocyanates is 1. The summed E-state index contributed by atoms with van der Waals surface area (Å²) < 4.78 is 0. The molecule has 0 aromatic rings. The highest BCUT2D eigenvalue weighted by Gasteiger charge is 2.54. The van der Waals surface area contributed by atoms with E-state index in [1.165, 1.54) is 24.6 Å². The lowest BCUT2D eigenvalue weighted by Gasteiger charge is -2.33. The van der Waals surface area contributed by atoms with E-state index in [1.807, 2.05) is 18.9 Å². The van der Waals surface area contributed by atoms with Gasteiger partial charge < -0.3 is 4.90 Å². The molecule has 0 aromatic heterocycles. The van der Waals surface area contributed by atoms with E-state index in [0.29, 0.717) is 17.7 Å². The lowest BCUT2D eigenvalue weighted by molar-refractivity contribution is -0.134. The van der Waals surface area contributed by atoms with Crippen LogP contribution in [0.2, 0.25) is 0 Å². The van der Waals surface area contributed by atoms with E-state index in [9.17, 15) is 4.79 Å². The van der Waals surface area contributed by atoms with Crippen molar-refractivity contribution in [2.75, 3.05) is 12.8 Å². The molecule has 0 aromatic carbocycles. The Kier molecular flexibility index (Phi) is 3.16. The van der Waals surface area contributed by atoms with Crippen LogP contribution in [0.5, 0.6) is 0 Å². The van der Waals surface area contributed by atoms with Gasteiger partial charge in [0.25, 0.3) is 0 Å². The van der Waals surface area contributed by atoms with Gasteiger partial charge in [0, 0.05) is 18.8 Å². The molecule has 16 heavy (non-hydrogen) atoms. The number of rotatable bonds is 2. The predicted octanol–water partition coefficient (Wildman–Crippen LogP) is 2.24. The van der Waals surface area contributed by atoms with Crippen LogP contribution in [0.1, 0.15) is 32.6 Å². The van der Waals surface area contributed by atoms with E-state index in [-0.39, 0.29) is 11.3 Å². The summed E-state index contributed by atoms with van der Waals surface area (Å²) in [4.78, 5) is 14.2. The first-order valence-corrected chi connectivity index (χ1v) is 6.88. The molecule has 2 aliphatic rings. The van der Waals surface area contributed by atoms with Crippen molar-refractivity contribution in [1.29, 1.82) is 5.26 Å². The largest absolute Gasteiger partial charge is 0.342 e. The van der Waals surface area contributed by atoms with Crippen LogP contribution in [0.3, 0.4) is 0 Å². The number of nitriles is 1. The average Bonchev–Trinajstić information content (AvgIpc) is 2.51. The van der Waals surface area contributed by atoms with Gasteiger partial charge in [0.05, 0.1) is 5.41 Å². The van der Waals surface area contributed by atoms with Gasteiger partial charge in [-0.1, -0.05) is 12.8 Å². The topological polar surface area (TPSA) is 44.1 Å². The van der Waals surface area contributed by atoms with Gasteiger partial charge in [0.15, 0.2) is 0 Å². The second-order valence-electron chi connectivity index (χ2n) is 5.17. The fraction of sp³-hybridized carbons (Fsp3) is 0.833. The van der Waals surface area contributed by atoms with Gasteiger partial charge in [-0.2, -0.15) is 5.26 Å². The first-order valence-electron chi connectivity index (χ1n) is 5.89. The number of amides is 1. The molecule has 0 radical (unpaired) electrons. The zero-order valence-electron chi connectivity index (χ0n) is 9.90. The molecule has 4 heteroatoms. The second kappa shape index (κ2) is 4.29. The number of thioether (sulfide) groups is 1. The van der Waals surface area contributed by atoms with Crippen molar-refractivity contribution in [2.24, 2.45) is 11.3 Å². The molecular formula is C12H18N2OS. The minimum absolute atomic E-state index is 0.243. The van der Waals surface area contributed by atoms with E-state index >= 15 is 0 Å². The molecule has 0 N–H and O–H groups in total. The zero-order chi connectivity index (χ0) is 11.8. The van der Waals surface area contributed by atoms with Crippen LogP contribution < -0.4 is 0 Å². The highest BCUT2D eigenvalue weighted by molar-refractivity contribution is 8.03. The SMILES string of the molecule is CN1C(=O)C(C)(CSC#N)C2CCCCC21. The molecule has 1 saturated carbocycles. The summed E-state index contributed by atoms with van der Waals surface area (Å²) in [6, 6.07) is 0.422. The Balaban J connectivity index is 2.23.